The lowest BCUT2D eigenvalue weighted by Crippen LogP contribution is -2.33. The van der Waals surface area contributed by atoms with E-state index in [4.69, 9.17) is 16.2 Å². The van der Waals surface area contributed by atoms with Crippen LogP contribution in [-0.4, -0.2) is 24.6 Å². The monoisotopic (exact) mass is 283 g/mol. The molecule has 0 amide bonds. The van der Waals surface area contributed by atoms with Gasteiger partial charge in [0.25, 0.3) is 0 Å². The van der Waals surface area contributed by atoms with Crippen LogP contribution >= 0.6 is 0 Å². The highest BCUT2D eigenvalue weighted by Gasteiger charge is 2.15. The van der Waals surface area contributed by atoms with Crippen LogP contribution in [0, 0.1) is 0 Å². The number of rotatable bonds is 4. The summed E-state index contributed by atoms with van der Waals surface area (Å²) in [6, 6.07) is 14.1. The Morgan fingerprint density at radius 2 is 1.81 bits per heavy atom. The minimum atomic E-state index is 0.569. The smallest absolute Gasteiger partial charge is 0.121 e. The third-order valence-corrected chi connectivity index (χ3v) is 3.94. The zero-order valence-corrected chi connectivity index (χ0v) is 12.1. The van der Waals surface area contributed by atoms with E-state index in [0.717, 1.165) is 31.8 Å². The Kier molecular flexibility index (Phi) is 3.97. The van der Waals surface area contributed by atoms with Crippen LogP contribution in [0.25, 0.3) is 0 Å². The van der Waals surface area contributed by atoms with Crippen molar-refractivity contribution in [2.75, 3.05) is 31.2 Å². The van der Waals surface area contributed by atoms with Gasteiger partial charge in [-0.15, -0.1) is 0 Å². The van der Waals surface area contributed by atoms with Crippen molar-refractivity contribution in [2.24, 2.45) is 0 Å². The summed E-state index contributed by atoms with van der Waals surface area (Å²) in [6.45, 7) is 3.66. The third kappa shape index (κ3) is 3.28. The van der Waals surface area contributed by atoms with E-state index in [2.05, 4.69) is 29.2 Å². The van der Waals surface area contributed by atoms with E-state index >= 15 is 0 Å². The zero-order valence-electron chi connectivity index (χ0n) is 12.1. The Labute approximate surface area is 125 Å². The molecule has 0 spiro atoms. The van der Waals surface area contributed by atoms with Crippen molar-refractivity contribution in [3.8, 4) is 5.75 Å². The quantitative estimate of drug-likeness (QED) is 0.845. The van der Waals surface area contributed by atoms with E-state index in [0.29, 0.717) is 18.0 Å². The van der Waals surface area contributed by atoms with E-state index < -0.39 is 0 Å². The van der Waals surface area contributed by atoms with E-state index in [1.165, 1.54) is 11.1 Å². The van der Waals surface area contributed by atoms with E-state index in [1.54, 1.807) is 12.1 Å². The van der Waals surface area contributed by atoms with Gasteiger partial charge >= 0.3 is 0 Å². The number of hydrogen-bond acceptors (Lipinski definition) is 4. The summed E-state index contributed by atoms with van der Waals surface area (Å²) < 4.78 is 5.76. The molecule has 1 heterocycles. The molecule has 0 fully saturated rings. The first-order valence-electron chi connectivity index (χ1n) is 7.29. The number of fused-ring (bicyclic) bond motifs is 1. The average Bonchev–Trinajstić information content (AvgIpc) is 2.51. The Bertz CT molecular complexity index is 627. The van der Waals surface area contributed by atoms with Crippen LogP contribution in [0.2, 0.25) is 0 Å². The van der Waals surface area contributed by atoms with Crippen LogP contribution in [0.1, 0.15) is 11.1 Å². The van der Waals surface area contributed by atoms with Crippen molar-refractivity contribution in [3.63, 3.8) is 0 Å². The molecular formula is C17H21N3O. The fourth-order valence-electron chi connectivity index (χ4n) is 2.68. The fourth-order valence-corrected chi connectivity index (χ4v) is 2.68. The number of nitrogens with zero attached hydrogens (tertiary/aromatic N) is 1. The molecule has 4 nitrogen and oxygen atoms in total. The number of nitrogens with two attached hydrogens (primary N) is 2. The van der Waals surface area contributed by atoms with Crippen LogP contribution in [0.15, 0.2) is 42.5 Å². The second kappa shape index (κ2) is 6.06. The second-order valence-electron chi connectivity index (χ2n) is 5.43. The molecule has 0 aliphatic carbocycles. The van der Waals surface area contributed by atoms with Crippen molar-refractivity contribution in [1.82, 2.24) is 4.90 Å². The highest BCUT2D eigenvalue weighted by molar-refractivity contribution is 5.65. The maximum atomic E-state index is 5.77. The van der Waals surface area contributed by atoms with Gasteiger partial charge in [-0.05, 0) is 29.7 Å². The van der Waals surface area contributed by atoms with Crippen LogP contribution in [0.3, 0.4) is 0 Å². The summed E-state index contributed by atoms with van der Waals surface area (Å²) in [5.41, 5.74) is 15.5. The summed E-state index contributed by atoms with van der Waals surface area (Å²) in [5, 5.41) is 0. The van der Waals surface area contributed by atoms with Crippen molar-refractivity contribution in [2.45, 2.75) is 13.0 Å². The lowest BCUT2D eigenvalue weighted by molar-refractivity contribution is 0.196. The van der Waals surface area contributed by atoms with E-state index in [-0.39, 0.29) is 0 Å². The maximum Gasteiger partial charge on any atom is 0.121 e. The van der Waals surface area contributed by atoms with Crippen molar-refractivity contribution in [3.05, 3.63) is 53.6 Å². The van der Waals surface area contributed by atoms with Gasteiger partial charge in [0.1, 0.15) is 12.4 Å². The van der Waals surface area contributed by atoms with Crippen LogP contribution in [-0.2, 0) is 13.0 Å². The molecule has 0 saturated heterocycles. The first-order valence-corrected chi connectivity index (χ1v) is 7.29. The molecule has 0 radical (unpaired) electrons. The van der Waals surface area contributed by atoms with Gasteiger partial charge in [0.15, 0.2) is 0 Å². The van der Waals surface area contributed by atoms with Gasteiger partial charge in [-0.1, -0.05) is 24.3 Å². The van der Waals surface area contributed by atoms with Gasteiger partial charge < -0.3 is 16.2 Å². The molecule has 110 valence electrons. The lowest BCUT2D eigenvalue weighted by atomic mass is 10.0. The molecule has 2 aromatic carbocycles. The number of hydrogen-bond donors (Lipinski definition) is 2. The third-order valence-electron chi connectivity index (χ3n) is 3.94. The van der Waals surface area contributed by atoms with Crippen molar-refractivity contribution < 1.29 is 4.74 Å². The summed E-state index contributed by atoms with van der Waals surface area (Å²) >= 11 is 0. The van der Waals surface area contributed by atoms with Gasteiger partial charge in [-0.2, -0.15) is 0 Å². The van der Waals surface area contributed by atoms with Crippen molar-refractivity contribution >= 4 is 11.4 Å². The molecule has 0 saturated carbocycles. The van der Waals surface area contributed by atoms with Gasteiger partial charge in [-0.3, -0.25) is 4.90 Å². The van der Waals surface area contributed by atoms with E-state index in [1.807, 2.05) is 6.07 Å². The zero-order chi connectivity index (χ0) is 14.7. The molecule has 4 heteroatoms. The number of anilines is 2. The SMILES string of the molecule is Nc1ccc(OCCN2CCc3ccccc3C2)cc1N. The van der Waals surface area contributed by atoms with Crippen LogP contribution in [0.5, 0.6) is 5.75 Å². The Hall–Kier alpha value is -2.20. The first-order chi connectivity index (χ1) is 10.2. The highest BCUT2D eigenvalue weighted by atomic mass is 16.5. The van der Waals surface area contributed by atoms with Crippen LogP contribution < -0.4 is 16.2 Å². The van der Waals surface area contributed by atoms with Crippen molar-refractivity contribution in [1.29, 1.82) is 0 Å². The molecule has 3 rings (SSSR count). The predicted octanol–water partition coefficient (Wildman–Crippen LogP) is 2.29. The molecule has 0 atom stereocenters. The molecule has 4 N–H and O–H groups in total. The fraction of sp³-hybridized carbons (Fsp3) is 0.294. The normalized spacial score (nSPS) is 14.7. The minimum absolute atomic E-state index is 0.569. The molecule has 1 aliphatic rings. The molecule has 21 heavy (non-hydrogen) atoms. The van der Waals surface area contributed by atoms with Crippen LogP contribution in [0.4, 0.5) is 11.4 Å². The largest absolute Gasteiger partial charge is 0.492 e. The predicted molar refractivity (Wildman–Crippen MR) is 86.2 cm³/mol. The van der Waals surface area contributed by atoms with E-state index in [9.17, 15) is 0 Å². The Balaban J connectivity index is 1.51. The topological polar surface area (TPSA) is 64.5 Å². The highest BCUT2D eigenvalue weighted by Crippen LogP contribution is 2.22. The lowest BCUT2D eigenvalue weighted by Gasteiger charge is -2.28. The molecule has 0 unspecified atom stereocenters. The number of ether oxygens (including phenoxy) is 1. The summed E-state index contributed by atoms with van der Waals surface area (Å²) in [7, 11) is 0. The number of nitrogen functional groups attached to an aromatic ring is 2. The molecule has 0 bridgehead atoms. The molecule has 1 aliphatic heterocycles. The van der Waals surface area contributed by atoms with Gasteiger partial charge in [0.2, 0.25) is 0 Å². The standard InChI is InChI=1S/C17H21N3O/c18-16-6-5-15(11-17(16)19)21-10-9-20-8-7-13-3-1-2-4-14(13)12-20/h1-6,11H,7-10,12,18-19H2. The molecular weight excluding hydrogens is 262 g/mol. The Morgan fingerprint density at radius 1 is 1.00 bits per heavy atom. The van der Waals surface area contributed by atoms with Gasteiger partial charge in [-0.25, -0.2) is 0 Å². The summed E-state index contributed by atoms with van der Waals surface area (Å²) in [5.74, 6) is 0.777. The minimum Gasteiger partial charge on any atom is -0.492 e. The van der Waals surface area contributed by atoms with Gasteiger partial charge in [0.05, 0.1) is 11.4 Å². The maximum absolute atomic E-state index is 5.77. The Morgan fingerprint density at radius 3 is 2.62 bits per heavy atom. The average molecular weight is 283 g/mol. The molecule has 0 aromatic heterocycles. The van der Waals surface area contributed by atoms with Gasteiger partial charge in [0, 0.05) is 25.7 Å². The second-order valence-corrected chi connectivity index (χ2v) is 5.43. The summed E-state index contributed by atoms with van der Waals surface area (Å²) in [4.78, 5) is 2.42. The number of benzene rings is 2. The molecule has 2 aromatic rings. The summed E-state index contributed by atoms with van der Waals surface area (Å²) in [6.07, 6.45) is 1.12. The first kappa shape index (κ1) is 13.8.